The summed E-state index contributed by atoms with van der Waals surface area (Å²) in [7, 11) is 0. The molecule has 1 saturated heterocycles. The maximum atomic E-state index is 14.0. The Kier molecular flexibility index (Phi) is 4.55. The van der Waals surface area contributed by atoms with Crippen molar-refractivity contribution >= 4 is 17.8 Å². The van der Waals surface area contributed by atoms with E-state index in [4.69, 9.17) is 0 Å². The van der Waals surface area contributed by atoms with E-state index < -0.39 is 17.1 Å². The molecule has 7 heteroatoms. The molecule has 1 fully saturated rings. The summed E-state index contributed by atoms with van der Waals surface area (Å²) in [5.74, 6) is 0. The number of urea groups is 1. The number of benzene rings is 1. The molecule has 1 aromatic carbocycles. The number of carbonyl (C=O) groups excluding carboxylic acids is 1. The zero-order valence-electron chi connectivity index (χ0n) is 13.3. The summed E-state index contributed by atoms with van der Waals surface area (Å²) in [5.41, 5.74) is 0.913. The smallest absolute Gasteiger partial charge is 0.311 e. The van der Waals surface area contributed by atoms with Gasteiger partial charge in [-0.25, -0.2) is 4.79 Å². The molecule has 130 valence electrons. The molecule has 0 spiro atoms. The lowest BCUT2D eigenvalue weighted by Crippen LogP contribution is -2.60. The summed E-state index contributed by atoms with van der Waals surface area (Å²) < 4.78 is 42.0. The number of allylic oxidation sites excluding steroid dienone is 1. The van der Waals surface area contributed by atoms with Gasteiger partial charge in [-0.05, 0) is 31.7 Å². The molecular weight excluding hydrogens is 337 g/mol. The second kappa shape index (κ2) is 6.35. The molecule has 24 heavy (non-hydrogen) atoms. The van der Waals surface area contributed by atoms with E-state index >= 15 is 0 Å². The van der Waals surface area contributed by atoms with Gasteiger partial charge in [0.1, 0.15) is 0 Å². The van der Waals surface area contributed by atoms with Crippen LogP contribution in [0.5, 0.6) is 0 Å². The molecule has 3 rings (SSSR count). The van der Waals surface area contributed by atoms with Crippen molar-refractivity contribution in [2.45, 2.75) is 43.7 Å². The van der Waals surface area contributed by atoms with Gasteiger partial charge in [0.15, 0.2) is 0 Å². The highest BCUT2D eigenvalue weighted by molar-refractivity contribution is 8.04. The Morgan fingerprint density at radius 3 is 2.54 bits per heavy atom. The third-order valence-electron chi connectivity index (χ3n) is 4.31. The van der Waals surface area contributed by atoms with Gasteiger partial charge < -0.3 is 5.32 Å². The van der Waals surface area contributed by atoms with E-state index in [1.165, 1.54) is 17.0 Å². The molecule has 3 nitrogen and oxygen atoms in total. The zero-order valence-corrected chi connectivity index (χ0v) is 14.1. The number of halogens is 3. The largest absolute Gasteiger partial charge is 0.425 e. The van der Waals surface area contributed by atoms with Crippen LogP contribution in [0.4, 0.5) is 18.0 Å². The van der Waals surface area contributed by atoms with Crippen molar-refractivity contribution in [1.29, 1.82) is 0 Å². The van der Waals surface area contributed by atoms with Crippen molar-refractivity contribution in [3.05, 3.63) is 46.5 Å². The molecule has 2 aliphatic rings. The van der Waals surface area contributed by atoms with Crippen LogP contribution in [0, 0.1) is 6.92 Å². The van der Waals surface area contributed by atoms with E-state index in [1.54, 1.807) is 18.2 Å². The van der Waals surface area contributed by atoms with Crippen LogP contribution in [0.3, 0.4) is 0 Å². The highest BCUT2D eigenvalue weighted by Gasteiger charge is 2.61. The average Bonchev–Trinajstić information content (AvgIpc) is 2.48. The maximum Gasteiger partial charge on any atom is 0.425 e. The summed E-state index contributed by atoms with van der Waals surface area (Å²) in [6.45, 7) is 2.27. The van der Waals surface area contributed by atoms with Crippen molar-refractivity contribution in [2.75, 3.05) is 6.54 Å². The molecule has 1 aromatic rings. The molecule has 0 aliphatic carbocycles. The fraction of sp³-hybridized carbons (Fsp3) is 0.471. The number of fused-ring (bicyclic) bond motifs is 1. The minimum atomic E-state index is -4.61. The van der Waals surface area contributed by atoms with Crippen LogP contribution >= 0.6 is 11.8 Å². The van der Waals surface area contributed by atoms with E-state index in [1.807, 2.05) is 6.92 Å². The van der Waals surface area contributed by atoms with Gasteiger partial charge in [0, 0.05) is 6.54 Å². The van der Waals surface area contributed by atoms with E-state index in [9.17, 15) is 18.0 Å². The number of amides is 2. The van der Waals surface area contributed by atoms with Gasteiger partial charge in [-0.2, -0.15) is 13.2 Å². The van der Waals surface area contributed by atoms with Crippen LogP contribution in [0.1, 0.15) is 36.8 Å². The third kappa shape index (κ3) is 3.01. The van der Waals surface area contributed by atoms with Crippen LogP contribution in [-0.4, -0.2) is 23.7 Å². The normalized spacial score (nSPS) is 27.4. The Morgan fingerprint density at radius 1 is 1.17 bits per heavy atom. The molecule has 1 N–H and O–H groups in total. The number of nitrogens with zero attached hydrogens (tertiary/aromatic N) is 1. The number of hydrogen-bond donors (Lipinski definition) is 1. The topological polar surface area (TPSA) is 32.3 Å². The number of aryl methyl sites for hydroxylation is 1. The Morgan fingerprint density at radius 2 is 1.88 bits per heavy atom. The predicted molar refractivity (Wildman–Crippen MR) is 88.3 cm³/mol. The van der Waals surface area contributed by atoms with Crippen molar-refractivity contribution in [1.82, 2.24) is 10.2 Å². The van der Waals surface area contributed by atoms with Gasteiger partial charge >= 0.3 is 12.2 Å². The number of hydrogen-bond acceptors (Lipinski definition) is 2. The lowest BCUT2D eigenvalue weighted by molar-refractivity contribution is -0.168. The fourth-order valence-corrected chi connectivity index (χ4v) is 4.25. The number of thioether (sulfide) groups is 1. The number of carbonyl (C=O) groups is 1. The minimum absolute atomic E-state index is 0.0431. The SMILES string of the molecule is Cc1ccc([C@]2(C(F)(F)F)NC(=O)N3CCCCC/C=C\3S2)cc1. The Bertz CT molecular complexity index is 657. The van der Waals surface area contributed by atoms with E-state index in [0.717, 1.165) is 24.8 Å². The van der Waals surface area contributed by atoms with Crippen molar-refractivity contribution in [2.24, 2.45) is 0 Å². The summed E-state index contributed by atoms with van der Waals surface area (Å²) in [6.07, 6.45) is 0.543. The molecule has 2 heterocycles. The standard InChI is InChI=1S/C17H19F3N2OS/c1-12-7-9-13(10-8-12)16(17(18,19)20)21-15(23)22-11-5-3-2-4-6-14(22)24-16/h6-10H,2-5,11H2,1H3,(H,21,23)/b14-6+/t16-/m0/s1. The second-order valence-electron chi connectivity index (χ2n) is 6.12. The lowest BCUT2D eigenvalue weighted by Gasteiger charge is -2.44. The zero-order chi connectivity index (χ0) is 17.4. The molecule has 0 unspecified atom stereocenters. The quantitative estimate of drug-likeness (QED) is 0.777. The van der Waals surface area contributed by atoms with Gasteiger partial charge in [-0.3, -0.25) is 4.90 Å². The first-order valence-electron chi connectivity index (χ1n) is 7.96. The van der Waals surface area contributed by atoms with E-state index in [0.29, 0.717) is 29.8 Å². The molecule has 2 amide bonds. The molecule has 0 aromatic heterocycles. The number of alkyl halides is 3. The fourth-order valence-electron chi connectivity index (χ4n) is 2.95. The molecule has 2 aliphatic heterocycles. The first-order chi connectivity index (χ1) is 11.3. The highest BCUT2D eigenvalue weighted by Crippen LogP contribution is 2.53. The molecule has 0 bridgehead atoms. The summed E-state index contributed by atoms with van der Waals surface area (Å²) >= 11 is 0.685. The Balaban J connectivity index is 2.07. The Hall–Kier alpha value is -1.63. The molecular formula is C17H19F3N2OS. The first kappa shape index (κ1) is 17.2. The monoisotopic (exact) mass is 356 g/mol. The molecule has 0 radical (unpaired) electrons. The van der Waals surface area contributed by atoms with Gasteiger partial charge in [0.2, 0.25) is 4.87 Å². The lowest BCUT2D eigenvalue weighted by atomic mass is 10.0. The maximum absolute atomic E-state index is 14.0. The van der Waals surface area contributed by atoms with Gasteiger partial charge in [-0.15, -0.1) is 0 Å². The van der Waals surface area contributed by atoms with Crippen molar-refractivity contribution in [3.8, 4) is 0 Å². The van der Waals surface area contributed by atoms with Crippen molar-refractivity contribution < 1.29 is 18.0 Å². The van der Waals surface area contributed by atoms with Crippen LogP contribution < -0.4 is 5.32 Å². The minimum Gasteiger partial charge on any atom is -0.311 e. The van der Waals surface area contributed by atoms with Crippen LogP contribution in [0.15, 0.2) is 35.4 Å². The first-order valence-corrected chi connectivity index (χ1v) is 8.78. The summed E-state index contributed by atoms with van der Waals surface area (Å²) in [5, 5.41) is 2.64. The second-order valence-corrected chi connectivity index (χ2v) is 7.36. The average molecular weight is 356 g/mol. The van der Waals surface area contributed by atoms with Crippen LogP contribution in [-0.2, 0) is 4.87 Å². The molecule has 0 saturated carbocycles. The van der Waals surface area contributed by atoms with E-state index in [2.05, 4.69) is 5.32 Å². The van der Waals surface area contributed by atoms with E-state index in [-0.39, 0.29) is 5.56 Å². The number of rotatable bonds is 1. The van der Waals surface area contributed by atoms with Crippen molar-refractivity contribution in [3.63, 3.8) is 0 Å². The third-order valence-corrected chi connectivity index (χ3v) is 5.79. The van der Waals surface area contributed by atoms with Gasteiger partial charge in [0.25, 0.3) is 0 Å². The summed E-state index contributed by atoms with van der Waals surface area (Å²) in [4.78, 5) is 11.4. The van der Waals surface area contributed by atoms with Crippen LogP contribution in [0.25, 0.3) is 0 Å². The number of nitrogens with one attached hydrogen (secondary N) is 1. The molecule has 1 atom stereocenters. The predicted octanol–water partition coefficient (Wildman–Crippen LogP) is 4.88. The van der Waals surface area contributed by atoms with Crippen LogP contribution in [0.2, 0.25) is 0 Å². The summed E-state index contributed by atoms with van der Waals surface area (Å²) in [6, 6.07) is 5.47. The van der Waals surface area contributed by atoms with Gasteiger partial charge in [0.05, 0.1) is 5.03 Å². The van der Waals surface area contributed by atoms with Gasteiger partial charge in [-0.1, -0.05) is 54.1 Å². The highest BCUT2D eigenvalue weighted by atomic mass is 32.2. The Labute approximate surface area is 143 Å².